The standard InChI is InChI=1S/C13H16O.C6H12/c1-9-4-3-5-11-6-7-12(10(2)14)8-13(9)11;1-2-4-6-5-3-1/h6-9H,3-5H2,1-2H3;1-6H2. The maximum atomic E-state index is 11.2. The lowest BCUT2D eigenvalue weighted by Crippen LogP contribution is -2.08. The molecule has 0 radical (unpaired) electrons. The van der Waals surface area contributed by atoms with Gasteiger partial charge in [-0.1, -0.05) is 57.6 Å². The molecule has 0 saturated heterocycles. The Morgan fingerprint density at radius 3 is 2.15 bits per heavy atom. The second-order valence-corrected chi connectivity index (χ2v) is 6.38. The van der Waals surface area contributed by atoms with Crippen LogP contribution in [0.5, 0.6) is 0 Å². The lowest BCUT2D eigenvalue weighted by molar-refractivity contribution is 0.101. The van der Waals surface area contributed by atoms with Crippen LogP contribution in [0.4, 0.5) is 0 Å². The molecular weight excluding hydrogens is 244 g/mol. The fourth-order valence-electron chi connectivity index (χ4n) is 3.32. The number of rotatable bonds is 1. The van der Waals surface area contributed by atoms with Crippen LogP contribution in [0.15, 0.2) is 18.2 Å². The molecule has 1 aromatic rings. The Morgan fingerprint density at radius 1 is 1.00 bits per heavy atom. The predicted octanol–water partition coefficient (Wildman–Crippen LogP) is 5.67. The van der Waals surface area contributed by atoms with E-state index in [1.54, 1.807) is 6.92 Å². The Balaban J connectivity index is 0.000000205. The van der Waals surface area contributed by atoms with Gasteiger partial charge in [0.05, 0.1) is 0 Å². The Labute approximate surface area is 123 Å². The van der Waals surface area contributed by atoms with Crippen LogP contribution in [0.2, 0.25) is 0 Å². The molecule has 110 valence electrons. The molecule has 1 fully saturated rings. The van der Waals surface area contributed by atoms with Gasteiger partial charge in [-0.2, -0.15) is 0 Å². The molecule has 0 aromatic heterocycles. The van der Waals surface area contributed by atoms with E-state index in [0.29, 0.717) is 5.92 Å². The van der Waals surface area contributed by atoms with E-state index in [1.807, 2.05) is 6.07 Å². The van der Waals surface area contributed by atoms with Crippen molar-refractivity contribution < 1.29 is 4.79 Å². The van der Waals surface area contributed by atoms with Crippen molar-refractivity contribution in [1.82, 2.24) is 0 Å². The number of Topliss-reactive ketones (excluding diaryl/α,β-unsaturated/α-hetero) is 1. The van der Waals surface area contributed by atoms with E-state index < -0.39 is 0 Å². The fourth-order valence-corrected chi connectivity index (χ4v) is 3.32. The zero-order valence-electron chi connectivity index (χ0n) is 13.1. The normalized spacial score (nSPS) is 21.4. The molecule has 3 rings (SSSR count). The molecule has 1 heteroatoms. The van der Waals surface area contributed by atoms with Gasteiger partial charge in [-0.25, -0.2) is 0 Å². The highest BCUT2D eigenvalue weighted by atomic mass is 16.1. The summed E-state index contributed by atoms with van der Waals surface area (Å²) in [5.41, 5.74) is 3.69. The van der Waals surface area contributed by atoms with E-state index in [9.17, 15) is 4.79 Å². The molecule has 2 aliphatic rings. The Kier molecular flexibility index (Phi) is 5.82. The van der Waals surface area contributed by atoms with Crippen molar-refractivity contribution in [2.45, 2.75) is 77.6 Å². The molecule has 0 N–H and O–H groups in total. The highest BCUT2D eigenvalue weighted by molar-refractivity contribution is 5.94. The van der Waals surface area contributed by atoms with Gasteiger partial charge in [-0.15, -0.1) is 0 Å². The molecule has 0 aliphatic heterocycles. The first-order valence-corrected chi connectivity index (χ1v) is 8.32. The number of ketones is 1. The third-order valence-electron chi connectivity index (χ3n) is 4.67. The van der Waals surface area contributed by atoms with Crippen molar-refractivity contribution in [2.24, 2.45) is 0 Å². The monoisotopic (exact) mass is 272 g/mol. The Morgan fingerprint density at radius 2 is 1.60 bits per heavy atom. The van der Waals surface area contributed by atoms with Crippen molar-refractivity contribution in [2.75, 3.05) is 0 Å². The van der Waals surface area contributed by atoms with Gasteiger partial charge in [0.15, 0.2) is 5.78 Å². The van der Waals surface area contributed by atoms with Crippen LogP contribution >= 0.6 is 0 Å². The van der Waals surface area contributed by atoms with Gasteiger partial charge in [0, 0.05) is 5.56 Å². The average Bonchev–Trinajstić information content (AvgIpc) is 2.50. The first-order valence-electron chi connectivity index (χ1n) is 8.32. The highest BCUT2D eigenvalue weighted by Crippen LogP contribution is 2.31. The summed E-state index contributed by atoms with van der Waals surface area (Å²) >= 11 is 0. The van der Waals surface area contributed by atoms with E-state index in [4.69, 9.17) is 0 Å². The van der Waals surface area contributed by atoms with Crippen LogP contribution in [0, 0.1) is 0 Å². The van der Waals surface area contributed by atoms with Gasteiger partial charge in [-0.05, 0) is 49.3 Å². The summed E-state index contributed by atoms with van der Waals surface area (Å²) in [4.78, 5) is 11.2. The molecular formula is C19H28O. The minimum absolute atomic E-state index is 0.172. The maximum absolute atomic E-state index is 11.2. The van der Waals surface area contributed by atoms with Gasteiger partial charge in [0.25, 0.3) is 0 Å². The van der Waals surface area contributed by atoms with Gasteiger partial charge in [0.2, 0.25) is 0 Å². The molecule has 1 aromatic carbocycles. The smallest absolute Gasteiger partial charge is 0.159 e. The lowest BCUT2D eigenvalue weighted by atomic mass is 9.83. The van der Waals surface area contributed by atoms with Crippen LogP contribution < -0.4 is 0 Å². The first-order chi connectivity index (χ1) is 9.68. The molecule has 1 nitrogen and oxygen atoms in total. The van der Waals surface area contributed by atoms with Crippen LogP contribution in [-0.4, -0.2) is 5.78 Å². The van der Waals surface area contributed by atoms with E-state index in [-0.39, 0.29) is 5.78 Å². The molecule has 0 amide bonds. The summed E-state index contributed by atoms with van der Waals surface area (Å²) in [5, 5.41) is 0. The Hall–Kier alpha value is -1.11. The average molecular weight is 272 g/mol. The zero-order chi connectivity index (χ0) is 14.4. The van der Waals surface area contributed by atoms with E-state index in [2.05, 4.69) is 19.1 Å². The minimum atomic E-state index is 0.172. The van der Waals surface area contributed by atoms with E-state index in [1.165, 1.54) is 68.9 Å². The second-order valence-electron chi connectivity index (χ2n) is 6.38. The quantitative estimate of drug-likeness (QED) is 0.602. The number of aryl methyl sites for hydroxylation is 1. The molecule has 1 saturated carbocycles. The SMILES string of the molecule is C1CCCCC1.CC(=O)c1ccc2c(c1)C(C)CCC2. The van der Waals surface area contributed by atoms with Crippen molar-refractivity contribution in [3.63, 3.8) is 0 Å². The predicted molar refractivity (Wildman–Crippen MR) is 85.5 cm³/mol. The van der Waals surface area contributed by atoms with Crippen LogP contribution in [0.25, 0.3) is 0 Å². The summed E-state index contributed by atoms with van der Waals surface area (Å²) in [7, 11) is 0. The first kappa shape index (κ1) is 15.3. The summed E-state index contributed by atoms with van der Waals surface area (Å²) < 4.78 is 0. The van der Waals surface area contributed by atoms with Crippen LogP contribution in [-0.2, 0) is 6.42 Å². The number of fused-ring (bicyclic) bond motifs is 1. The van der Waals surface area contributed by atoms with Crippen LogP contribution in [0.1, 0.15) is 92.6 Å². The molecule has 2 aliphatic carbocycles. The summed E-state index contributed by atoms with van der Waals surface area (Å²) in [6, 6.07) is 6.17. The highest BCUT2D eigenvalue weighted by Gasteiger charge is 2.16. The maximum Gasteiger partial charge on any atom is 0.159 e. The fraction of sp³-hybridized carbons (Fsp3) is 0.632. The molecule has 0 bridgehead atoms. The van der Waals surface area contributed by atoms with Crippen molar-refractivity contribution in [3.8, 4) is 0 Å². The number of hydrogen-bond acceptors (Lipinski definition) is 1. The molecule has 1 atom stereocenters. The largest absolute Gasteiger partial charge is 0.295 e. The van der Waals surface area contributed by atoms with Crippen molar-refractivity contribution in [3.05, 3.63) is 34.9 Å². The second kappa shape index (κ2) is 7.61. The third-order valence-corrected chi connectivity index (χ3v) is 4.67. The zero-order valence-corrected chi connectivity index (χ0v) is 13.1. The van der Waals surface area contributed by atoms with Crippen molar-refractivity contribution >= 4 is 5.78 Å². The number of hydrogen-bond donors (Lipinski definition) is 0. The lowest BCUT2D eigenvalue weighted by Gasteiger charge is -2.22. The van der Waals surface area contributed by atoms with Gasteiger partial charge >= 0.3 is 0 Å². The van der Waals surface area contributed by atoms with Crippen molar-refractivity contribution in [1.29, 1.82) is 0 Å². The van der Waals surface area contributed by atoms with Gasteiger partial charge < -0.3 is 0 Å². The number of carbonyl (C=O) groups is 1. The number of benzene rings is 1. The molecule has 0 heterocycles. The van der Waals surface area contributed by atoms with Gasteiger partial charge in [-0.3, -0.25) is 4.79 Å². The Bertz CT molecular complexity index is 432. The topological polar surface area (TPSA) is 17.1 Å². The molecule has 20 heavy (non-hydrogen) atoms. The molecule has 0 spiro atoms. The van der Waals surface area contributed by atoms with E-state index >= 15 is 0 Å². The minimum Gasteiger partial charge on any atom is -0.295 e. The summed E-state index contributed by atoms with van der Waals surface area (Å²) in [6.07, 6.45) is 12.7. The van der Waals surface area contributed by atoms with Crippen LogP contribution in [0.3, 0.4) is 0 Å². The van der Waals surface area contributed by atoms with E-state index in [0.717, 1.165) is 5.56 Å². The summed E-state index contributed by atoms with van der Waals surface area (Å²) in [5.74, 6) is 0.795. The van der Waals surface area contributed by atoms with Gasteiger partial charge in [0.1, 0.15) is 0 Å². The molecule has 1 unspecified atom stereocenters. The summed E-state index contributed by atoms with van der Waals surface area (Å²) in [6.45, 7) is 3.89. The third kappa shape index (κ3) is 4.19. The number of carbonyl (C=O) groups excluding carboxylic acids is 1.